The Bertz CT molecular complexity index is 575. The van der Waals surface area contributed by atoms with Crippen molar-refractivity contribution in [2.45, 2.75) is 11.8 Å². The summed E-state index contributed by atoms with van der Waals surface area (Å²) in [5.41, 5.74) is 0. The minimum Gasteiger partial charge on any atom is -0.360 e. The molecule has 1 aromatic carbocycles. The maximum absolute atomic E-state index is 11.8. The van der Waals surface area contributed by atoms with Gasteiger partial charge in [0.15, 0.2) is 5.82 Å². The van der Waals surface area contributed by atoms with E-state index in [-0.39, 0.29) is 10.7 Å². The molecule has 0 aliphatic rings. The van der Waals surface area contributed by atoms with Crippen LogP contribution in [0.4, 0.5) is 5.82 Å². The largest absolute Gasteiger partial charge is 0.360 e. The fourth-order valence-corrected chi connectivity index (χ4v) is 2.15. The van der Waals surface area contributed by atoms with Crippen LogP contribution in [0.3, 0.4) is 0 Å². The van der Waals surface area contributed by atoms with E-state index in [1.165, 1.54) is 30.3 Å². The minimum atomic E-state index is -3.59. The molecular weight excluding hydrogens is 228 g/mol. The number of hydrogen-bond donors (Lipinski definition) is 1. The van der Waals surface area contributed by atoms with Crippen LogP contribution in [0.25, 0.3) is 0 Å². The normalized spacial score (nSPS) is 11.3. The summed E-state index contributed by atoms with van der Waals surface area (Å²) in [6, 6.07) is 10.2. The van der Waals surface area contributed by atoms with Gasteiger partial charge in [0.1, 0.15) is 5.76 Å². The van der Waals surface area contributed by atoms with Gasteiger partial charge in [-0.2, -0.15) is 0 Å². The number of anilines is 1. The average molecular weight is 237 g/mol. The standard InChI is InChI=1S/C10H9N2O3S/c1-8-7-10(11-15-8)12-16(13,14)9-5-3-2-4-6-9/h3-7H,1H3,(H,11,12). The summed E-state index contributed by atoms with van der Waals surface area (Å²) in [6.45, 7) is 1.68. The molecule has 5 nitrogen and oxygen atoms in total. The first kappa shape index (κ1) is 10.7. The second kappa shape index (κ2) is 3.97. The molecule has 0 spiro atoms. The molecule has 0 unspecified atom stereocenters. The molecule has 0 saturated carbocycles. The molecule has 0 aliphatic heterocycles. The van der Waals surface area contributed by atoms with Crippen molar-refractivity contribution in [3.05, 3.63) is 42.2 Å². The summed E-state index contributed by atoms with van der Waals surface area (Å²) in [4.78, 5) is 0.159. The summed E-state index contributed by atoms with van der Waals surface area (Å²) in [7, 11) is -3.59. The fraction of sp³-hybridized carbons (Fsp3) is 0.100. The van der Waals surface area contributed by atoms with Crippen LogP contribution in [-0.2, 0) is 10.0 Å². The van der Waals surface area contributed by atoms with Crippen LogP contribution in [0.1, 0.15) is 5.76 Å². The van der Waals surface area contributed by atoms with Crippen molar-refractivity contribution in [2.75, 3.05) is 4.72 Å². The highest BCUT2D eigenvalue weighted by Gasteiger charge is 2.15. The van der Waals surface area contributed by atoms with E-state index in [1.54, 1.807) is 6.92 Å². The Morgan fingerprint density at radius 3 is 2.62 bits per heavy atom. The molecule has 0 saturated heterocycles. The zero-order valence-electron chi connectivity index (χ0n) is 8.47. The summed E-state index contributed by atoms with van der Waals surface area (Å²) in [5, 5.41) is 3.55. The van der Waals surface area contributed by atoms with Crippen molar-refractivity contribution < 1.29 is 12.9 Å². The zero-order valence-corrected chi connectivity index (χ0v) is 9.28. The van der Waals surface area contributed by atoms with Gasteiger partial charge in [-0.15, -0.1) is 0 Å². The van der Waals surface area contributed by atoms with E-state index in [2.05, 4.69) is 15.9 Å². The lowest BCUT2D eigenvalue weighted by atomic mass is 10.4. The number of nitrogens with one attached hydrogen (secondary N) is 1. The van der Waals surface area contributed by atoms with Crippen molar-refractivity contribution in [2.24, 2.45) is 0 Å². The second-order valence-electron chi connectivity index (χ2n) is 3.16. The van der Waals surface area contributed by atoms with Crippen LogP contribution in [0.15, 0.2) is 39.8 Å². The molecule has 0 bridgehead atoms. The number of benzene rings is 1. The quantitative estimate of drug-likeness (QED) is 0.879. The third kappa shape index (κ3) is 2.22. The highest BCUT2D eigenvalue weighted by molar-refractivity contribution is 7.92. The van der Waals surface area contributed by atoms with E-state index in [0.29, 0.717) is 5.76 Å². The highest BCUT2D eigenvalue weighted by atomic mass is 32.2. The molecule has 0 amide bonds. The van der Waals surface area contributed by atoms with Gasteiger partial charge in [0.05, 0.1) is 4.90 Å². The molecule has 6 heteroatoms. The van der Waals surface area contributed by atoms with Crippen LogP contribution >= 0.6 is 0 Å². The van der Waals surface area contributed by atoms with Gasteiger partial charge >= 0.3 is 0 Å². The topological polar surface area (TPSA) is 72.2 Å². The van der Waals surface area contributed by atoms with Crippen molar-refractivity contribution in [1.82, 2.24) is 5.16 Å². The number of nitrogens with zero attached hydrogens (tertiary/aromatic N) is 1. The molecule has 0 fully saturated rings. The van der Waals surface area contributed by atoms with Crippen molar-refractivity contribution in [1.29, 1.82) is 0 Å². The monoisotopic (exact) mass is 237 g/mol. The van der Waals surface area contributed by atoms with Crippen LogP contribution in [0.2, 0.25) is 0 Å². The molecule has 2 rings (SSSR count). The lowest BCUT2D eigenvalue weighted by Crippen LogP contribution is -2.12. The fourth-order valence-electron chi connectivity index (χ4n) is 1.16. The van der Waals surface area contributed by atoms with Crippen molar-refractivity contribution >= 4 is 15.8 Å². The van der Waals surface area contributed by atoms with E-state index in [9.17, 15) is 8.42 Å². The first-order valence-electron chi connectivity index (χ1n) is 4.50. The number of aromatic nitrogens is 1. The maximum atomic E-state index is 11.8. The molecule has 2 aromatic rings. The van der Waals surface area contributed by atoms with Crippen molar-refractivity contribution in [3.8, 4) is 0 Å². The Morgan fingerprint density at radius 1 is 1.38 bits per heavy atom. The van der Waals surface area contributed by atoms with Gasteiger partial charge in [0.2, 0.25) is 0 Å². The summed E-state index contributed by atoms with van der Waals surface area (Å²) in [5.74, 6) is 0.712. The highest BCUT2D eigenvalue weighted by Crippen LogP contribution is 2.14. The molecule has 1 aromatic heterocycles. The van der Waals surface area contributed by atoms with Gasteiger partial charge in [-0.05, 0) is 25.1 Å². The van der Waals surface area contributed by atoms with Crippen molar-refractivity contribution in [3.63, 3.8) is 0 Å². The van der Waals surface area contributed by atoms with Gasteiger partial charge in [-0.25, -0.2) is 8.42 Å². The summed E-state index contributed by atoms with van der Waals surface area (Å²) >= 11 is 0. The molecule has 0 atom stereocenters. The minimum absolute atomic E-state index is 0.159. The summed E-state index contributed by atoms with van der Waals surface area (Å²) in [6.07, 6.45) is 0. The molecular formula is C10H9N2O3S. The van der Waals surface area contributed by atoms with Crippen LogP contribution in [0.5, 0.6) is 0 Å². The van der Waals surface area contributed by atoms with Crippen LogP contribution < -0.4 is 4.72 Å². The molecule has 1 N–H and O–H groups in total. The van der Waals surface area contributed by atoms with Gasteiger partial charge in [-0.1, -0.05) is 17.3 Å². The number of sulfonamides is 1. The third-order valence-electron chi connectivity index (χ3n) is 1.86. The Morgan fingerprint density at radius 2 is 2.06 bits per heavy atom. The van der Waals surface area contributed by atoms with Gasteiger partial charge in [0.25, 0.3) is 10.0 Å². The van der Waals surface area contributed by atoms with Gasteiger partial charge in [0, 0.05) is 6.07 Å². The Hall–Kier alpha value is -1.82. The Kier molecular flexibility index (Phi) is 2.66. The van der Waals surface area contributed by atoms with E-state index < -0.39 is 10.0 Å². The molecule has 1 heterocycles. The predicted molar refractivity (Wildman–Crippen MR) is 57.3 cm³/mol. The first-order chi connectivity index (χ1) is 7.58. The number of aryl methyl sites for hydroxylation is 1. The Balaban J connectivity index is 2.28. The molecule has 0 aliphatic carbocycles. The van der Waals surface area contributed by atoms with E-state index in [1.807, 2.05) is 0 Å². The Labute approximate surface area is 93.1 Å². The first-order valence-corrected chi connectivity index (χ1v) is 5.98. The SMILES string of the molecule is Cc1cc(NS(=O)(=O)c2cc[c]cc2)no1. The van der Waals surface area contributed by atoms with E-state index in [4.69, 9.17) is 4.52 Å². The lowest BCUT2D eigenvalue weighted by molar-refractivity contribution is 0.400. The van der Waals surface area contributed by atoms with E-state index in [0.717, 1.165) is 0 Å². The molecule has 16 heavy (non-hydrogen) atoms. The third-order valence-corrected chi connectivity index (χ3v) is 3.24. The smallest absolute Gasteiger partial charge is 0.263 e. The van der Waals surface area contributed by atoms with E-state index >= 15 is 0 Å². The van der Waals surface area contributed by atoms with Gasteiger partial charge in [-0.3, -0.25) is 4.72 Å². The molecule has 1 radical (unpaired) electrons. The zero-order chi connectivity index (χ0) is 11.6. The maximum Gasteiger partial charge on any atom is 0.263 e. The average Bonchev–Trinajstić information content (AvgIpc) is 2.64. The predicted octanol–water partition coefficient (Wildman–Crippen LogP) is 1.58. The van der Waals surface area contributed by atoms with Gasteiger partial charge < -0.3 is 4.52 Å². The summed E-state index contributed by atoms with van der Waals surface area (Å²) < 4.78 is 30.7. The van der Waals surface area contributed by atoms with Crippen LogP contribution in [-0.4, -0.2) is 13.6 Å². The number of rotatable bonds is 3. The molecule has 83 valence electrons. The van der Waals surface area contributed by atoms with Crippen LogP contribution in [0, 0.1) is 13.0 Å². The lowest BCUT2D eigenvalue weighted by Gasteiger charge is -2.03. The number of hydrogen-bond acceptors (Lipinski definition) is 4. The second-order valence-corrected chi connectivity index (χ2v) is 4.85.